The minimum atomic E-state index is -3.89. The Hall–Kier alpha value is -3.95. The Kier molecular flexibility index (Phi) is 6.35. The standard InChI is InChI=1S/C28H23FN2O5S/c29-20-5-1-18(2-6-20)15-26(32)28(12-13-28)27(33)16-19-3-7-21(8-4-19)36-25-11-14-31-24-10-9-22(17-23(24)25)37(30,34)35/h1-11,14,17H,12-13,15-16H2,(H2,30,34,35). The van der Waals surface area contributed by atoms with Gasteiger partial charge in [-0.25, -0.2) is 17.9 Å². The van der Waals surface area contributed by atoms with E-state index in [2.05, 4.69) is 4.98 Å². The lowest BCUT2D eigenvalue weighted by molar-refractivity contribution is -0.133. The molecule has 9 heteroatoms. The number of primary sulfonamides is 1. The molecule has 4 aromatic rings. The highest BCUT2D eigenvalue weighted by Crippen LogP contribution is 2.48. The lowest BCUT2D eigenvalue weighted by Crippen LogP contribution is -2.28. The van der Waals surface area contributed by atoms with E-state index in [0.29, 0.717) is 40.8 Å². The summed E-state index contributed by atoms with van der Waals surface area (Å²) in [5, 5.41) is 5.74. The highest BCUT2D eigenvalue weighted by Gasteiger charge is 2.54. The first-order chi connectivity index (χ1) is 17.6. The molecule has 1 aliphatic rings. The van der Waals surface area contributed by atoms with E-state index >= 15 is 0 Å². The van der Waals surface area contributed by atoms with Gasteiger partial charge in [0.05, 0.1) is 15.8 Å². The van der Waals surface area contributed by atoms with Crippen LogP contribution in [0.3, 0.4) is 0 Å². The maximum absolute atomic E-state index is 13.1. The number of nitrogens with zero attached hydrogens (tertiary/aromatic N) is 1. The van der Waals surface area contributed by atoms with Crippen molar-refractivity contribution < 1.29 is 27.1 Å². The number of halogens is 1. The SMILES string of the molecule is NS(=O)(=O)c1ccc2nccc(Oc3ccc(CC(=O)C4(C(=O)Cc5ccc(F)cc5)CC4)cc3)c2c1. The molecule has 0 saturated heterocycles. The van der Waals surface area contributed by atoms with Gasteiger partial charge in [0.25, 0.3) is 0 Å². The molecule has 3 aromatic carbocycles. The molecular weight excluding hydrogens is 495 g/mol. The van der Waals surface area contributed by atoms with Crippen molar-refractivity contribution in [3.63, 3.8) is 0 Å². The zero-order valence-electron chi connectivity index (χ0n) is 19.7. The number of hydrogen-bond donors (Lipinski definition) is 1. The van der Waals surface area contributed by atoms with Crippen LogP contribution < -0.4 is 9.88 Å². The molecular formula is C28H23FN2O5S. The molecule has 0 aliphatic heterocycles. The Morgan fingerprint density at radius 1 is 0.892 bits per heavy atom. The largest absolute Gasteiger partial charge is 0.457 e. The average molecular weight is 519 g/mol. The minimum Gasteiger partial charge on any atom is -0.457 e. The van der Waals surface area contributed by atoms with Crippen molar-refractivity contribution >= 4 is 32.5 Å². The first-order valence-corrected chi connectivity index (χ1v) is 13.2. The highest BCUT2D eigenvalue weighted by molar-refractivity contribution is 7.89. The Morgan fingerprint density at radius 2 is 1.49 bits per heavy atom. The molecule has 0 bridgehead atoms. The molecule has 0 radical (unpaired) electrons. The maximum Gasteiger partial charge on any atom is 0.238 e. The molecule has 1 saturated carbocycles. The van der Waals surface area contributed by atoms with Gasteiger partial charge in [-0.2, -0.15) is 0 Å². The number of aromatic nitrogens is 1. The predicted molar refractivity (Wildman–Crippen MR) is 135 cm³/mol. The second-order valence-corrected chi connectivity index (χ2v) is 10.7. The van der Waals surface area contributed by atoms with E-state index in [0.717, 1.165) is 5.56 Å². The molecule has 5 rings (SSSR count). The van der Waals surface area contributed by atoms with E-state index in [9.17, 15) is 22.4 Å². The van der Waals surface area contributed by atoms with Gasteiger partial charge >= 0.3 is 0 Å². The number of rotatable bonds is 9. The summed E-state index contributed by atoms with van der Waals surface area (Å²) < 4.78 is 42.6. The zero-order valence-corrected chi connectivity index (χ0v) is 20.5. The van der Waals surface area contributed by atoms with Crippen molar-refractivity contribution in [1.29, 1.82) is 0 Å². The summed E-state index contributed by atoms with van der Waals surface area (Å²) in [5.41, 5.74) is 1.02. The number of ketones is 2. The molecule has 0 atom stereocenters. The number of carbonyl (C=O) groups excluding carboxylic acids is 2. The predicted octanol–water partition coefficient (Wildman–Crippen LogP) is 4.52. The van der Waals surface area contributed by atoms with Crippen molar-refractivity contribution in [1.82, 2.24) is 4.98 Å². The normalized spacial score (nSPS) is 14.3. The number of carbonyl (C=O) groups is 2. The summed E-state index contributed by atoms with van der Waals surface area (Å²) in [7, 11) is -3.89. The van der Waals surface area contributed by atoms with Crippen LogP contribution in [0.1, 0.15) is 24.0 Å². The van der Waals surface area contributed by atoms with Gasteiger partial charge in [0, 0.05) is 24.4 Å². The van der Waals surface area contributed by atoms with E-state index in [1.807, 2.05) is 0 Å². The van der Waals surface area contributed by atoms with Crippen LogP contribution in [0.2, 0.25) is 0 Å². The third-order valence-corrected chi connectivity index (χ3v) is 7.52. The van der Waals surface area contributed by atoms with Gasteiger partial charge in [-0.05, 0) is 72.5 Å². The lowest BCUT2D eigenvalue weighted by atomic mass is 9.88. The first-order valence-electron chi connectivity index (χ1n) is 11.6. The van der Waals surface area contributed by atoms with E-state index in [4.69, 9.17) is 9.88 Å². The van der Waals surface area contributed by atoms with Crippen molar-refractivity contribution in [3.8, 4) is 11.5 Å². The van der Waals surface area contributed by atoms with E-state index in [-0.39, 0.29) is 35.1 Å². The number of hydrogen-bond acceptors (Lipinski definition) is 6. The maximum atomic E-state index is 13.1. The average Bonchev–Trinajstić information content (AvgIpc) is 3.68. The van der Waals surface area contributed by atoms with Gasteiger partial charge in [-0.3, -0.25) is 14.6 Å². The topological polar surface area (TPSA) is 116 Å². The van der Waals surface area contributed by atoms with Gasteiger partial charge in [-0.1, -0.05) is 24.3 Å². The third kappa shape index (κ3) is 5.28. The third-order valence-electron chi connectivity index (χ3n) is 6.61. The molecule has 1 aliphatic carbocycles. The summed E-state index contributed by atoms with van der Waals surface area (Å²) in [6.45, 7) is 0. The fourth-order valence-corrected chi connectivity index (χ4v) is 4.86. The Balaban J connectivity index is 1.28. The number of fused-ring (bicyclic) bond motifs is 1. The fraction of sp³-hybridized carbons (Fsp3) is 0.179. The number of Topliss-reactive ketones (excluding diaryl/α,β-unsaturated/α-hetero) is 2. The quantitative estimate of drug-likeness (QED) is 0.326. The van der Waals surface area contributed by atoms with Gasteiger partial charge in [-0.15, -0.1) is 0 Å². The second kappa shape index (κ2) is 9.49. The van der Waals surface area contributed by atoms with Gasteiger partial charge in [0.2, 0.25) is 10.0 Å². The second-order valence-electron chi connectivity index (χ2n) is 9.19. The number of benzene rings is 3. The van der Waals surface area contributed by atoms with Crippen LogP contribution >= 0.6 is 0 Å². The molecule has 0 amide bonds. The van der Waals surface area contributed by atoms with Crippen molar-refractivity contribution in [2.24, 2.45) is 10.6 Å². The van der Waals surface area contributed by atoms with Crippen LogP contribution in [0.15, 0.2) is 83.9 Å². The summed E-state index contributed by atoms with van der Waals surface area (Å²) in [6, 6.07) is 18.6. The zero-order chi connectivity index (χ0) is 26.2. The lowest BCUT2D eigenvalue weighted by Gasteiger charge is -2.14. The van der Waals surface area contributed by atoms with Crippen LogP contribution in [0.25, 0.3) is 10.9 Å². The summed E-state index contributed by atoms with van der Waals surface area (Å²) >= 11 is 0. The van der Waals surface area contributed by atoms with E-state index in [1.165, 1.54) is 24.3 Å². The molecule has 37 heavy (non-hydrogen) atoms. The van der Waals surface area contributed by atoms with E-state index in [1.54, 1.807) is 54.7 Å². The molecule has 1 heterocycles. The van der Waals surface area contributed by atoms with Crippen molar-refractivity contribution in [3.05, 3.63) is 95.9 Å². The molecule has 1 fully saturated rings. The Bertz CT molecular complexity index is 1610. The van der Waals surface area contributed by atoms with Crippen LogP contribution in [0.4, 0.5) is 4.39 Å². The molecule has 188 valence electrons. The number of ether oxygens (including phenoxy) is 1. The molecule has 0 unspecified atom stereocenters. The minimum absolute atomic E-state index is 0.0466. The summed E-state index contributed by atoms with van der Waals surface area (Å²) in [5.74, 6) is 0.267. The fourth-order valence-electron chi connectivity index (χ4n) is 4.32. The van der Waals surface area contributed by atoms with Gasteiger partial charge < -0.3 is 4.74 Å². The molecule has 2 N–H and O–H groups in total. The van der Waals surface area contributed by atoms with Crippen LogP contribution in [0.5, 0.6) is 11.5 Å². The first kappa shape index (κ1) is 24.7. The number of pyridine rings is 1. The monoisotopic (exact) mass is 518 g/mol. The number of nitrogens with two attached hydrogens (primary N) is 1. The summed E-state index contributed by atoms with van der Waals surface area (Å²) in [4.78, 5) is 30.1. The number of sulfonamides is 1. The molecule has 7 nitrogen and oxygen atoms in total. The van der Waals surface area contributed by atoms with Gasteiger partial charge in [0.15, 0.2) is 11.6 Å². The Morgan fingerprint density at radius 3 is 2.05 bits per heavy atom. The summed E-state index contributed by atoms with van der Waals surface area (Å²) in [6.07, 6.45) is 2.84. The van der Waals surface area contributed by atoms with Crippen molar-refractivity contribution in [2.45, 2.75) is 30.6 Å². The highest BCUT2D eigenvalue weighted by atomic mass is 32.2. The van der Waals surface area contributed by atoms with Crippen LogP contribution in [-0.2, 0) is 32.5 Å². The Labute approximate surface area is 213 Å². The van der Waals surface area contributed by atoms with Crippen LogP contribution in [0, 0.1) is 11.2 Å². The van der Waals surface area contributed by atoms with Crippen LogP contribution in [-0.4, -0.2) is 25.0 Å². The van der Waals surface area contributed by atoms with Crippen molar-refractivity contribution in [2.75, 3.05) is 0 Å². The smallest absolute Gasteiger partial charge is 0.238 e. The van der Waals surface area contributed by atoms with Gasteiger partial charge in [0.1, 0.15) is 17.3 Å². The molecule has 0 spiro atoms. The molecule has 1 aromatic heterocycles. The van der Waals surface area contributed by atoms with E-state index < -0.39 is 15.4 Å².